The van der Waals surface area contributed by atoms with E-state index in [1.165, 1.54) is 18.9 Å². The Morgan fingerprint density at radius 3 is 2.52 bits per heavy atom. The van der Waals surface area contributed by atoms with Gasteiger partial charge in [-0.1, -0.05) is 24.8 Å². The molecule has 8 heteroatoms. The van der Waals surface area contributed by atoms with Crippen molar-refractivity contribution in [1.82, 2.24) is 4.90 Å². The molecule has 27 heavy (non-hydrogen) atoms. The molecule has 7 nitrogen and oxygen atoms in total. The molecule has 1 saturated heterocycles. The molecule has 2 aliphatic heterocycles. The first-order valence-electron chi connectivity index (χ1n) is 8.56. The highest BCUT2D eigenvalue weighted by Crippen LogP contribution is 2.45. The Labute approximate surface area is 162 Å². The quantitative estimate of drug-likeness (QED) is 0.720. The summed E-state index contributed by atoms with van der Waals surface area (Å²) in [5.74, 6) is 0.523. The molecule has 0 saturated carbocycles. The Kier molecular flexibility index (Phi) is 5.46. The molecular formula is C19H22N2O5S. The first-order chi connectivity index (χ1) is 13.0. The van der Waals surface area contributed by atoms with Crippen LogP contribution < -0.4 is 9.47 Å². The molecule has 2 aliphatic rings. The average molecular weight is 390 g/mol. The molecule has 0 unspecified atom stereocenters. The molecule has 0 N–H and O–H groups in total. The van der Waals surface area contributed by atoms with Gasteiger partial charge in [0.2, 0.25) is 5.91 Å². The number of ether oxygens (including phenoxy) is 3. The minimum Gasteiger partial charge on any atom is -0.493 e. The molecule has 0 aromatic heterocycles. The number of thioether (sulfide) groups is 1. The van der Waals surface area contributed by atoms with E-state index in [0.29, 0.717) is 34.4 Å². The van der Waals surface area contributed by atoms with E-state index >= 15 is 0 Å². The van der Waals surface area contributed by atoms with Gasteiger partial charge in [-0.15, -0.1) is 0 Å². The van der Waals surface area contributed by atoms with E-state index in [9.17, 15) is 9.59 Å². The van der Waals surface area contributed by atoms with E-state index < -0.39 is 12.0 Å². The summed E-state index contributed by atoms with van der Waals surface area (Å²) in [6.45, 7) is 3.72. The predicted molar refractivity (Wildman–Crippen MR) is 103 cm³/mol. The maximum Gasteiger partial charge on any atom is 0.338 e. The van der Waals surface area contributed by atoms with Crippen LogP contribution in [0.5, 0.6) is 11.5 Å². The standard InChI is InChI=1S/C19H22N2O5S/c1-6-14-17(22)21-16(11-7-8-12(24-3)13(9-11)25-4)15(18(23)26-5)10(2)20-19(21)27-14/h7-9,14,16H,6H2,1-5H3/t14-,16-/m0/s1. The lowest BCUT2D eigenvalue weighted by atomic mass is 9.94. The third-order valence-corrected chi connectivity index (χ3v) is 5.97. The van der Waals surface area contributed by atoms with E-state index in [4.69, 9.17) is 14.2 Å². The third kappa shape index (κ3) is 3.18. The molecule has 0 aliphatic carbocycles. The van der Waals surface area contributed by atoms with E-state index in [1.807, 2.05) is 13.0 Å². The molecule has 0 radical (unpaired) electrons. The van der Waals surface area contributed by atoms with Crippen molar-refractivity contribution in [2.45, 2.75) is 31.6 Å². The first kappa shape index (κ1) is 19.3. The van der Waals surface area contributed by atoms with Gasteiger partial charge in [-0.3, -0.25) is 9.69 Å². The van der Waals surface area contributed by atoms with Crippen LogP contribution >= 0.6 is 11.8 Å². The number of nitrogens with zero attached hydrogens (tertiary/aromatic N) is 2. The summed E-state index contributed by atoms with van der Waals surface area (Å²) in [5, 5.41) is 0.396. The van der Waals surface area contributed by atoms with Crippen LogP contribution in [0.4, 0.5) is 0 Å². The van der Waals surface area contributed by atoms with Gasteiger partial charge in [0.25, 0.3) is 0 Å². The summed E-state index contributed by atoms with van der Waals surface area (Å²) < 4.78 is 15.7. The number of carbonyl (C=O) groups is 2. The highest BCUT2D eigenvalue weighted by atomic mass is 32.2. The number of amidine groups is 1. The van der Waals surface area contributed by atoms with Crippen LogP contribution in [0.25, 0.3) is 0 Å². The number of esters is 1. The summed E-state index contributed by atoms with van der Waals surface area (Å²) in [6.07, 6.45) is 0.685. The first-order valence-corrected chi connectivity index (χ1v) is 9.44. The van der Waals surface area contributed by atoms with Gasteiger partial charge >= 0.3 is 5.97 Å². The van der Waals surface area contributed by atoms with Crippen LogP contribution in [0, 0.1) is 0 Å². The largest absolute Gasteiger partial charge is 0.493 e. The minimum atomic E-state index is -0.624. The van der Waals surface area contributed by atoms with Gasteiger partial charge in [-0.2, -0.15) is 0 Å². The van der Waals surface area contributed by atoms with Crippen LogP contribution in [0.1, 0.15) is 31.9 Å². The van der Waals surface area contributed by atoms with Gasteiger partial charge < -0.3 is 14.2 Å². The van der Waals surface area contributed by atoms with E-state index in [-0.39, 0.29) is 11.2 Å². The Morgan fingerprint density at radius 2 is 1.93 bits per heavy atom. The maximum atomic E-state index is 13.0. The minimum absolute atomic E-state index is 0.0602. The molecule has 0 spiro atoms. The number of allylic oxidation sites excluding steroid dienone is 1. The molecule has 2 heterocycles. The maximum absolute atomic E-state index is 13.0. The molecule has 1 aromatic carbocycles. The summed E-state index contributed by atoms with van der Waals surface area (Å²) in [5.41, 5.74) is 1.62. The molecule has 1 fully saturated rings. The van der Waals surface area contributed by atoms with Crippen molar-refractivity contribution in [2.75, 3.05) is 21.3 Å². The number of fused-ring (bicyclic) bond motifs is 1. The van der Waals surface area contributed by atoms with Crippen LogP contribution in [0.2, 0.25) is 0 Å². The van der Waals surface area contributed by atoms with Crippen molar-refractivity contribution < 1.29 is 23.8 Å². The number of aliphatic imine (C=N–C) groups is 1. The Morgan fingerprint density at radius 1 is 1.22 bits per heavy atom. The number of carbonyl (C=O) groups excluding carboxylic acids is 2. The smallest absolute Gasteiger partial charge is 0.338 e. The second kappa shape index (κ2) is 7.64. The van der Waals surface area contributed by atoms with Crippen LogP contribution in [-0.4, -0.2) is 48.5 Å². The molecular weight excluding hydrogens is 368 g/mol. The van der Waals surface area contributed by atoms with Gasteiger partial charge in [-0.05, 0) is 31.0 Å². The van der Waals surface area contributed by atoms with Crippen molar-refractivity contribution in [3.63, 3.8) is 0 Å². The van der Waals surface area contributed by atoms with Gasteiger partial charge in [0.15, 0.2) is 16.7 Å². The average Bonchev–Trinajstić information content (AvgIpc) is 3.00. The molecule has 144 valence electrons. The van der Waals surface area contributed by atoms with Crippen LogP contribution in [-0.2, 0) is 14.3 Å². The van der Waals surface area contributed by atoms with Gasteiger partial charge in [0.05, 0.1) is 43.9 Å². The zero-order valence-corrected chi connectivity index (χ0v) is 16.8. The van der Waals surface area contributed by atoms with Crippen molar-refractivity contribution in [1.29, 1.82) is 0 Å². The Bertz CT molecular complexity index is 849. The fourth-order valence-corrected chi connectivity index (χ4v) is 4.43. The van der Waals surface area contributed by atoms with Crippen molar-refractivity contribution in [3.05, 3.63) is 35.0 Å². The SMILES string of the molecule is CC[C@@H]1SC2=NC(C)=C(C(=O)OC)[C@H](c3ccc(OC)c(OC)c3)N2C1=O. The monoisotopic (exact) mass is 390 g/mol. The lowest BCUT2D eigenvalue weighted by Gasteiger charge is -2.33. The third-order valence-electron chi connectivity index (χ3n) is 4.65. The molecule has 2 atom stereocenters. The highest BCUT2D eigenvalue weighted by Gasteiger charge is 2.47. The van der Waals surface area contributed by atoms with Gasteiger partial charge in [0, 0.05) is 0 Å². The summed E-state index contributed by atoms with van der Waals surface area (Å²) >= 11 is 1.43. The summed E-state index contributed by atoms with van der Waals surface area (Å²) in [7, 11) is 4.42. The lowest BCUT2D eigenvalue weighted by Crippen LogP contribution is -2.40. The van der Waals surface area contributed by atoms with Gasteiger partial charge in [0.1, 0.15) is 0 Å². The fraction of sp³-hybridized carbons (Fsp3) is 0.421. The molecule has 1 amide bonds. The second-order valence-corrected chi connectivity index (χ2v) is 7.29. The van der Waals surface area contributed by atoms with Crippen molar-refractivity contribution in [2.24, 2.45) is 4.99 Å². The number of rotatable bonds is 5. The van der Waals surface area contributed by atoms with E-state index in [1.54, 1.807) is 38.2 Å². The topological polar surface area (TPSA) is 77.4 Å². The number of hydrogen-bond acceptors (Lipinski definition) is 7. The molecule has 0 bridgehead atoms. The summed E-state index contributed by atoms with van der Waals surface area (Å²) in [4.78, 5) is 31.6. The number of methoxy groups -OCH3 is 3. The second-order valence-electron chi connectivity index (χ2n) is 6.12. The van der Waals surface area contributed by atoms with E-state index in [2.05, 4.69) is 4.99 Å². The Hall–Kier alpha value is -2.48. The number of benzene rings is 1. The fourth-order valence-electron chi connectivity index (χ4n) is 3.30. The van der Waals surface area contributed by atoms with Gasteiger partial charge in [-0.25, -0.2) is 9.79 Å². The summed E-state index contributed by atoms with van der Waals surface area (Å²) in [6, 6.07) is 4.73. The van der Waals surface area contributed by atoms with Crippen molar-refractivity contribution >= 4 is 28.8 Å². The highest BCUT2D eigenvalue weighted by molar-refractivity contribution is 8.15. The van der Waals surface area contributed by atoms with Crippen LogP contribution in [0.3, 0.4) is 0 Å². The zero-order chi connectivity index (χ0) is 19.7. The van der Waals surface area contributed by atoms with Crippen LogP contribution in [0.15, 0.2) is 34.5 Å². The zero-order valence-electron chi connectivity index (χ0n) is 15.9. The normalized spacial score (nSPS) is 21.7. The lowest BCUT2D eigenvalue weighted by molar-refractivity contribution is -0.137. The predicted octanol–water partition coefficient (Wildman–Crippen LogP) is 2.92. The molecule has 1 aromatic rings. The van der Waals surface area contributed by atoms with Crippen molar-refractivity contribution in [3.8, 4) is 11.5 Å². The van der Waals surface area contributed by atoms with E-state index in [0.717, 1.165) is 5.56 Å². The Balaban J connectivity index is 2.17. The number of amides is 1. The number of hydrogen-bond donors (Lipinski definition) is 0. The molecule has 3 rings (SSSR count).